The molecule has 3 rings (SSSR count). The fourth-order valence-corrected chi connectivity index (χ4v) is 3.64. The van der Waals surface area contributed by atoms with E-state index >= 15 is 0 Å². The van der Waals surface area contributed by atoms with E-state index < -0.39 is 5.97 Å². The fourth-order valence-electron chi connectivity index (χ4n) is 3.64. The first-order chi connectivity index (χ1) is 11.5. The average molecular weight is 329 g/mol. The summed E-state index contributed by atoms with van der Waals surface area (Å²) in [6, 6.07) is 4.81. The van der Waals surface area contributed by atoms with Gasteiger partial charge >= 0.3 is 5.97 Å². The molecule has 6 heteroatoms. The molecule has 0 amide bonds. The van der Waals surface area contributed by atoms with Crippen molar-refractivity contribution in [1.82, 2.24) is 14.9 Å². The number of nitrogens with zero attached hydrogens (tertiary/aromatic N) is 2. The third-order valence-corrected chi connectivity index (χ3v) is 4.49. The van der Waals surface area contributed by atoms with Crippen LogP contribution in [0.1, 0.15) is 36.5 Å². The second-order valence-corrected chi connectivity index (χ2v) is 6.88. The standard InChI is InChI=1S/C18H23N3O3/c1-11-6-12(2)9-21(8-11)10-16-19-15-7-13(18(23)24-3)4-5-14(15)17(22)20-16/h4-5,7,11-12H,6,8-10H2,1-3H3,(H,19,20,22)/t11-,12-/m0/s1. The van der Waals surface area contributed by atoms with Gasteiger partial charge in [0, 0.05) is 13.1 Å². The quantitative estimate of drug-likeness (QED) is 0.874. The van der Waals surface area contributed by atoms with E-state index in [1.54, 1.807) is 18.2 Å². The van der Waals surface area contributed by atoms with Gasteiger partial charge in [-0.2, -0.15) is 0 Å². The number of aromatic nitrogens is 2. The molecule has 0 spiro atoms. The zero-order valence-electron chi connectivity index (χ0n) is 14.3. The number of rotatable bonds is 3. The minimum Gasteiger partial charge on any atom is -0.465 e. The van der Waals surface area contributed by atoms with Gasteiger partial charge in [-0.05, 0) is 36.5 Å². The highest BCUT2D eigenvalue weighted by molar-refractivity contribution is 5.93. The summed E-state index contributed by atoms with van der Waals surface area (Å²) >= 11 is 0. The lowest BCUT2D eigenvalue weighted by Crippen LogP contribution is -2.38. The van der Waals surface area contributed by atoms with Crippen LogP contribution >= 0.6 is 0 Å². The summed E-state index contributed by atoms with van der Waals surface area (Å²) in [5, 5.41) is 0.479. The fraction of sp³-hybridized carbons (Fsp3) is 0.500. The van der Waals surface area contributed by atoms with E-state index in [1.807, 2.05) is 0 Å². The molecule has 6 nitrogen and oxygen atoms in total. The van der Waals surface area contributed by atoms with Crippen LogP contribution in [-0.2, 0) is 11.3 Å². The molecular formula is C18H23N3O3. The van der Waals surface area contributed by atoms with Crippen LogP contribution in [0.15, 0.2) is 23.0 Å². The van der Waals surface area contributed by atoms with Gasteiger partial charge in [0.05, 0.1) is 30.1 Å². The van der Waals surface area contributed by atoms with Crippen LogP contribution in [0.4, 0.5) is 0 Å². The topological polar surface area (TPSA) is 75.3 Å². The summed E-state index contributed by atoms with van der Waals surface area (Å²) in [6.07, 6.45) is 1.24. The molecule has 1 N–H and O–H groups in total. The first kappa shape index (κ1) is 16.6. The predicted molar refractivity (Wildman–Crippen MR) is 91.9 cm³/mol. The Morgan fingerprint density at radius 1 is 1.33 bits per heavy atom. The SMILES string of the molecule is COC(=O)c1ccc2c(=O)[nH]c(CN3C[C@@H](C)C[C@H](C)C3)nc2c1. The van der Waals surface area contributed by atoms with Gasteiger partial charge in [0.2, 0.25) is 0 Å². The van der Waals surface area contributed by atoms with Crippen molar-refractivity contribution in [3.05, 3.63) is 39.9 Å². The lowest BCUT2D eigenvalue weighted by atomic mass is 9.92. The van der Waals surface area contributed by atoms with Gasteiger partial charge in [0.1, 0.15) is 5.82 Å². The Bertz CT molecular complexity index is 805. The third-order valence-electron chi connectivity index (χ3n) is 4.49. The molecular weight excluding hydrogens is 306 g/mol. The Morgan fingerprint density at radius 3 is 2.71 bits per heavy atom. The molecule has 1 aliphatic rings. The number of ether oxygens (including phenoxy) is 1. The van der Waals surface area contributed by atoms with Crippen molar-refractivity contribution in [3.8, 4) is 0 Å². The van der Waals surface area contributed by atoms with Gasteiger partial charge in [-0.15, -0.1) is 0 Å². The first-order valence-electron chi connectivity index (χ1n) is 8.30. The van der Waals surface area contributed by atoms with Crippen LogP contribution in [0.5, 0.6) is 0 Å². The number of fused-ring (bicyclic) bond motifs is 1. The van der Waals surface area contributed by atoms with Gasteiger partial charge in [-0.1, -0.05) is 13.8 Å². The number of benzene rings is 1. The van der Waals surface area contributed by atoms with E-state index in [2.05, 4.69) is 28.7 Å². The van der Waals surface area contributed by atoms with Gasteiger partial charge in [0.25, 0.3) is 5.56 Å². The summed E-state index contributed by atoms with van der Waals surface area (Å²) in [5.74, 6) is 1.49. The molecule has 2 heterocycles. The van der Waals surface area contributed by atoms with Crippen LogP contribution in [0, 0.1) is 11.8 Å². The lowest BCUT2D eigenvalue weighted by Gasteiger charge is -2.34. The maximum atomic E-state index is 12.3. The number of carbonyl (C=O) groups is 1. The zero-order valence-corrected chi connectivity index (χ0v) is 14.3. The summed E-state index contributed by atoms with van der Waals surface area (Å²) in [6.45, 7) is 7.13. The number of piperidine rings is 1. The van der Waals surface area contributed by atoms with Gasteiger partial charge in [0.15, 0.2) is 0 Å². The van der Waals surface area contributed by atoms with Gasteiger partial charge in [-0.3, -0.25) is 9.69 Å². The Kier molecular flexibility index (Phi) is 4.66. The molecule has 1 aromatic heterocycles. The third kappa shape index (κ3) is 3.48. The van der Waals surface area contributed by atoms with Crippen LogP contribution in [0.3, 0.4) is 0 Å². The van der Waals surface area contributed by atoms with Crippen molar-refractivity contribution in [2.45, 2.75) is 26.8 Å². The summed E-state index contributed by atoms with van der Waals surface area (Å²) in [4.78, 5) is 33.7. The summed E-state index contributed by atoms with van der Waals surface area (Å²) in [5.41, 5.74) is 0.744. The van der Waals surface area contributed by atoms with Gasteiger partial charge in [-0.25, -0.2) is 9.78 Å². The molecule has 2 atom stereocenters. The number of hydrogen-bond acceptors (Lipinski definition) is 5. The van der Waals surface area contributed by atoms with E-state index in [0.717, 1.165) is 13.1 Å². The number of carbonyl (C=O) groups excluding carboxylic acids is 1. The number of nitrogens with one attached hydrogen (secondary N) is 1. The molecule has 1 aromatic carbocycles. The van der Waals surface area contributed by atoms with Crippen molar-refractivity contribution in [2.24, 2.45) is 11.8 Å². The van der Waals surface area contributed by atoms with E-state index in [0.29, 0.717) is 40.7 Å². The highest BCUT2D eigenvalue weighted by Gasteiger charge is 2.22. The smallest absolute Gasteiger partial charge is 0.337 e. The number of likely N-dealkylation sites (tertiary alicyclic amines) is 1. The summed E-state index contributed by atoms with van der Waals surface area (Å²) < 4.78 is 4.73. The minimum absolute atomic E-state index is 0.176. The highest BCUT2D eigenvalue weighted by atomic mass is 16.5. The number of H-pyrrole nitrogens is 1. The van der Waals surface area contributed by atoms with E-state index in [-0.39, 0.29) is 5.56 Å². The molecule has 0 unspecified atom stereocenters. The normalized spacial score (nSPS) is 21.8. The van der Waals surface area contributed by atoms with Crippen molar-refractivity contribution in [3.63, 3.8) is 0 Å². The molecule has 128 valence electrons. The zero-order chi connectivity index (χ0) is 17.3. The molecule has 0 saturated carbocycles. The van der Waals surface area contributed by atoms with E-state index in [9.17, 15) is 9.59 Å². The number of esters is 1. The van der Waals surface area contributed by atoms with Crippen LogP contribution in [0.25, 0.3) is 10.9 Å². The molecule has 0 radical (unpaired) electrons. The van der Waals surface area contributed by atoms with E-state index in [1.165, 1.54) is 13.5 Å². The Labute approximate surface area is 140 Å². The van der Waals surface area contributed by atoms with Crippen LogP contribution < -0.4 is 5.56 Å². The molecule has 1 fully saturated rings. The maximum absolute atomic E-state index is 12.3. The van der Waals surface area contributed by atoms with Crippen LogP contribution in [-0.4, -0.2) is 41.0 Å². The lowest BCUT2D eigenvalue weighted by molar-refractivity contribution is 0.0601. The summed E-state index contributed by atoms with van der Waals surface area (Å²) in [7, 11) is 1.34. The Morgan fingerprint density at radius 2 is 2.04 bits per heavy atom. The van der Waals surface area contributed by atoms with Crippen molar-refractivity contribution >= 4 is 16.9 Å². The molecule has 0 bridgehead atoms. The number of hydrogen-bond donors (Lipinski definition) is 1. The molecule has 24 heavy (non-hydrogen) atoms. The average Bonchev–Trinajstić information content (AvgIpc) is 2.52. The largest absolute Gasteiger partial charge is 0.465 e. The first-order valence-corrected chi connectivity index (χ1v) is 8.30. The number of aromatic amines is 1. The molecule has 1 aliphatic heterocycles. The van der Waals surface area contributed by atoms with Crippen molar-refractivity contribution in [2.75, 3.05) is 20.2 Å². The van der Waals surface area contributed by atoms with E-state index in [4.69, 9.17) is 4.74 Å². The maximum Gasteiger partial charge on any atom is 0.337 e. The van der Waals surface area contributed by atoms with Gasteiger partial charge < -0.3 is 9.72 Å². The number of methoxy groups -OCH3 is 1. The monoisotopic (exact) mass is 329 g/mol. The Hall–Kier alpha value is -2.21. The second-order valence-electron chi connectivity index (χ2n) is 6.88. The van der Waals surface area contributed by atoms with Crippen LogP contribution in [0.2, 0.25) is 0 Å². The predicted octanol–water partition coefficient (Wildman–Crippen LogP) is 2.19. The molecule has 0 aliphatic carbocycles. The second kappa shape index (κ2) is 6.73. The Balaban J connectivity index is 1.91. The van der Waals surface area contributed by atoms with Crippen molar-refractivity contribution in [1.29, 1.82) is 0 Å². The minimum atomic E-state index is -0.431. The van der Waals surface area contributed by atoms with Crippen molar-refractivity contribution < 1.29 is 9.53 Å². The molecule has 2 aromatic rings. The highest BCUT2D eigenvalue weighted by Crippen LogP contribution is 2.22. The molecule has 1 saturated heterocycles.